The molecule has 0 bridgehead atoms. The highest BCUT2D eigenvalue weighted by molar-refractivity contribution is 6.18. The highest BCUT2D eigenvalue weighted by Gasteiger charge is 2.23. The van der Waals surface area contributed by atoms with Gasteiger partial charge in [-0.2, -0.15) is 0 Å². The number of alkyl halides is 2. The lowest BCUT2D eigenvalue weighted by molar-refractivity contribution is 0.0921. The molecule has 20 heavy (non-hydrogen) atoms. The van der Waals surface area contributed by atoms with Crippen molar-refractivity contribution >= 4 is 29.1 Å². The fraction of sp³-hybridized carbons (Fsp3) is 0.533. The molecule has 1 aromatic carbocycles. The van der Waals surface area contributed by atoms with Crippen LogP contribution in [-0.2, 0) is 11.8 Å². The average Bonchev–Trinajstić information content (AvgIpc) is 2.48. The highest BCUT2D eigenvalue weighted by Crippen LogP contribution is 2.19. The first-order valence-corrected chi connectivity index (χ1v) is 8.02. The predicted octanol–water partition coefficient (Wildman–Crippen LogP) is 3.16. The van der Waals surface area contributed by atoms with Crippen molar-refractivity contribution in [3.8, 4) is 0 Å². The summed E-state index contributed by atoms with van der Waals surface area (Å²) in [5.74, 6) is 0.670. The van der Waals surface area contributed by atoms with Crippen LogP contribution in [0.1, 0.15) is 47.2 Å². The fourth-order valence-corrected chi connectivity index (χ4v) is 3.12. The summed E-state index contributed by atoms with van der Waals surface area (Å²) < 4.78 is 0. The van der Waals surface area contributed by atoms with Gasteiger partial charge in [0.05, 0.1) is 0 Å². The van der Waals surface area contributed by atoms with E-state index < -0.39 is 0 Å². The summed E-state index contributed by atoms with van der Waals surface area (Å²) in [4.78, 5) is 12.3. The molecule has 2 rings (SSSR count). The molecule has 1 aliphatic rings. The van der Waals surface area contributed by atoms with Gasteiger partial charge in [-0.3, -0.25) is 4.79 Å². The average molecular weight is 315 g/mol. The molecule has 0 saturated heterocycles. The lowest BCUT2D eigenvalue weighted by Gasteiger charge is -2.29. The van der Waals surface area contributed by atoms with E-state index in [-0.39, 0.29) is 18.0 Å². The predicted molar refractivity (Wildman–Crippen MR) is 83.3 cm³/mol. The van der Waals surface area contributed by atoms with Crippen molar-refractivity contribution in [2.45, 2.75) is 49.5 Å². The van der Waals surface area contributed by atoms with E-state index in [0.717, 1.165) is 36.8 Å². The second-order valence-corrected chi connectivity index (χ2v) is 5.81. The van der Waals surface area contributed by atoms with E-state index in [9.17, 15) is 4.79 Å². The van der Waals surface area contributed by atoms with E-state index in [2.05, 4.69) is 5.32 Å². The standard InChI is InChI=1S/C15H20Cl2N2O/c16-8-11-6-5-10(7-12(11)9-17)15(20)19-14-4-2-1-3-13(14)18/h5-7,13-14H,1-4,8-9,18H2,(H,19,20). The van der Waals surface area contributed by atoms with E-state index in [1.54, 1.807) is 6.07 Å². The summed E-state index contributed by atoms with van der Waals surface area (Å²) in [6.45, 7) is 0. The Labute approximate surface area is 129 Å². The zero-order chi connectivity index (χ0) is 14.5. The van der Waals surface area contributed by atoms with Crippen molar-refractivity contribution < 1.29 is 4.79 Å². The summed E-state index contributed by atoms with van der Waals surface area (Å²) in [5.41, 5.74) is 8.54. The van der Waals surface area contributed by atoms with Gasteiger partial charge in [0.2, 0.25) is 0 Å². The maximum atomic E-state index is 12.3. The largest absolute Gasteiger partial charge is 0.348 e. The lowest BCUT2D eigenvalue weighted by Crippen LogP contribution is -2.49. The van der Waals surface area contributed by atoms with Gasteiger partial charge in [-0.1, -0.05) is 18.9 Å². The first-order valence-electron chi connectivity index (χ1n) is 6.96. The molecule has 110 valence electrons. The number of carbonyl (C=O) groups excluding carboxylic acids is 1. The monoisotopic (exact) mass is 314 g/mol. The Hall–Kier alpha value is -0.770. The zero-order valence-electron chi connectivity index (χ0n) is 11.4. The number of carbonyl (C=O) groups is 1. The van der Waals surface area contributed by atoms with Gasteiger partial charge in [-0.15, -0.1) is 23.2 Å². The molecule has 0 heterocycles. The minimum absolute atomic E-state index is 0.0577. The second kappa shape index (κ2) is 7.30. The maximum absolute atomic E-state index is 12.3. The van der Waals surface area contributed by atoms with Crippen LogP contribution in [0.3, 0.4) is 0 Å². The van der Waals surface area contributed by atoms with Crippen molar-refractivity contribution in [2.24, 2.45) is 5.73 Å². The smallest absolute Gasteiger partial charge is 0.251 e. The van der Waals surface area contributed by atoms with Crippen LogP contribution in [0.25, 0.3) is 0 Å². The molecular weight excluding hydrogens is 295 g/mol. The molecule has 1 aromatic rings. The zero-order valence-corrected chi connectivity index (χ0v) is 12.9. The number of hydrogen-bond donors (Lipinski definition) is 2. The highest BCUT2D eigenvalue weighted by atomic mass is 35.5. The van der Waals surface area contributed by atoms with Gasteiger partial charge in [0.25, 0.3) is 5.91 Å². The quantitative estimate of drug-likeness (QED) is 0.839. The van der Waals surface area contributed by atoms with E-state index in [4.69, 9.17) is 28.9 Å². The van der Waals surface area contributed by atoms with Crippen molar-refractivity contribution in [2.75, 3.05) is 0 Å². The Bertz CT molecular complexity index is 479. The molecular formula is C15H20Cl2N2O. The molecule has 1 amide bonds. The molecule has 3 nitrogen and oxygen atoms in total. The SMILES string of the molecule is NC1CCCCC1NC(=O)c1ccc(CCl)c(CCl)c1. The van der Waals surface area contributed by atoms with Gasteiger partial charge >= 0.3 is 0 Å². The Balaban J connectivity index is 2.08. The lowest BCUT2D eigenvalue weighted by atomic mass is 9.91. The van der Waals surface area contributed by atoms with Crippen LogP contribution in [0.15, 0.2) is 18.2 Å². The van der Waals surface area contributed by atoms with Gasteiger partial charge < -0.3 is 11.1 Å². The molecule has 0 radical (unpaired) electrons. The minimum Gasteiger partial charge on any atom is -0.348 e. The molecule has 2 unspecified atom stereocenters. The summed E-state index contributed by atoms with van der Waals surface area (Å²) in [6, 6.07) is 5.59. The number of hydrogen-bond acceptors (Lipinski definition) is 2. The Morgan fingerprint density at radius 1 is 1.20 bits per heavy atom. The molecule has 0 aliphatic heterocycles. The summed E-state index contributed by atoms with van der Waals surface area (Å²) >= 11 is 11.7. The number of benzene rings is 1. The van der Waals surface area contributed by atoms with E-state index >= 15 is 0 Å². The van der Waals surface area contributed by atoms with Crippen LogP contribution in [0.5, 0.6) is 0 Å². The normalized spacial score (nSPS) is 22.6. The fourth-order valence-electron chi connectivity index (χ4n) is 2.61. The van der Waals surface area contributed by atoms with Gasteiger partial charge in [0.1, 0.15) is 0 Å². The molecule has 2 atom stereocenters. The molecule has 1 saturated carbocycles. The van der Waals surface area contributed by atoms with Crippen molar-refractivity contribution in [1.29, 1.82) is 0 Å². The summed E-state index contributed by atoms with van der Waals surface area (Å²) in [5, 5.41) is 3.03. The molecule has 0 spiro atoms. The number of amides is 1. The molecule has 3 N–H and O–H groups in total. The number of halogens is 2. The van der Waals surface area contributed by atoms with Crippen molar-refractivity contribution in [1.82, 2.24) is 5.32 Å². The van der Waals surface area contributed by atoms with Gasteiger partial charge in [-0.05, 0) is 36.1 Å². The molecule has 1 aliphatic carbocycles. The van der Waals surface area contributed by atoms with Crippen LogP contribution < -0.4 is 11.1 Å². The summed E-state index contributed by atoms with van der Waals surface area (Å²) in [7, 11) is 0. The number of nitrogens with two attached hydrogens (primary N) is 1. The van der Waals surface area contributed by atoms with Crippen LogP contribution in [0, 0.1) is 0 Å². The van der Waals surface area contributed by atoms with Gasteiger partial charge in [-0.25, -0.2) is 0 Å². The van der Waals surface area contributed by atoms with E-state index in [1.165, 1.54) is 0 Å². The van der Waals surface area contributed by atoms with Crippen LogP contribution in [-0.4, -0.2) is 18.0 Å². The Morgan fingerprint density at radius 3 is 2.55 bits per heavy atom. The second-order valence-electron chi connectivity index (χ2n) is 5.28. The number of rotatable bonds is 4. The van der Waals surface area contributed by atoms with Crippen molar-refractivity contribution in [3.05, 3.63) is 34.9 Å². The first-order chi connectivity index (χ1) is 9.65. The van der Waals surface area contributed by atoms with Crippen LogP contribution in [0.2, 0.25) is 0 Å². The number of nitrogens with one attached hydrogen (secondary N) is 1. The van der Waals surface area contributed by atoms with Gasteiger partial charge in [0, 0.05) is 29.4 Å². The van der Waals surface area contributed by atoms with Crippen molar-refractivity contribution in [3.63, 3.8) is 0 Å². The first kappa shape index (κ1) is 15.6. The van der Waals surface area contributed by atoms with E-state index in [0.29, 0.717) is 17.3 Å². The van der Waals surface area contributed by atoms with Crippen LogP contribution >= 0.6 is 23.2 Å². The Morgan fingerprint density at radius 2 is 1.90 bits per heavy atom. The molecule has 1 fully saturated rings. The minimum atomic E-state index is -0.0835. The Kier molecular flexibility index (Phi) is 5.70. The topological polar surface area (TPSA) is 55.1 Å². The summed E-state index contributed by atoms with van der Waals surface area (Å²) in [6.07, 6.45) is 4.20. The third-order valence-corrected chi connectivity index (χ3v) is 4.47. The molecule has 0 aromatic heterocycles. The third-order valence-electron chi connectivity index (χ3n) is 3.89. The third kappa shape index (κ3) is 3.66. The van der Waals surface area contributed by atoms with Gasteiger partial charge in [0.15, 0.2) is 0 Å². The maximum Gasteiger partial charge on any atom is 0.251 e. The van der Waals surface area contributed by atoms with E-state index in [1.807, 2.05) is 12.1 Å². The molecule has 5 heteroatoms. The van der Waals surface area contributed by atoms with Crippen LogP contribution in [0.4, 0.5) is 0 Å².